The van der Waals surface area contributed by atoms with Crippen molar-refractivity contribution in [2.24, 2.45) is 0 Å². The van der Waals surface area contributed by atoms with Gasteiger partial charge in [0.25, 0.3) is 11.8 Å². The highest BCUT2D eigenvalue weighted by molar-refractivity contribution is 6.25. The van der Waals surface area contributed by atoms with Crippen molar-refractivity contribution in [1.29, 1.82) is 0 Å². The van der Waals surface area contributed by atoms with Gasteiger partial charge in [-0.1, -0.05) is 6.07 Å². The van der Waals surface area contributed by atoms with Gasteiger partial charge in [-0.2, -0.15) is 0 Å². The van der Waals surface area contributed by atoms with Crippen molar-refractivity contribution in [3.63, 3.8) is 0 Å². The molecule has 2 aromatic carbocycles. The summed E-state index contributed by atoms with van der Waals surface area (Å²) in [6.45, 7) is 3.96. The van der Waals surface area contributed by atoms with E-state index in [9.17, 15) is 24.0 Å². The van der Waals surface area contributed by atoms with E-state index in [2.05, 4.69) is 26.1 Å². The molecule has 3 N–H and O–H groups in total. The number of aromatic nitrogens is 3. The van der Waals surface area contributed by atoms with Crippen molar-refractivity contribution in [2.45, 2.75) is 32.4 Å². The first-order valence-corrected chi connectivity index (χ1v) is 17.8. The minimum absolute atomic E-state index is 0.0478. The highest BCUT2D eigenvalue weighted by Gasteiger charge is 2.45. The summed E-state index contributed by atoms with van der Waals surface area (Å²) in [5, 5.41) is 16.9. The Balaban J connectivity index is 1.02. The van der Waals surface area contributed by atoms with Crippen molar-refractivity contribution >= 4 is 46.6 Å². The standard InChI is InChI=1S/C38H45N9O8/c1-22-42-43-35-28(16-24(19-46(22)35)23-17-30(53-5)26(20-44(2)3)31(18-23)54-6)40-33(49)21-45(4)13-15-55-14-12-39-27-9-7-8-25-34(27)38(52)47(37(25)51)29-10-11-32(48)41-36(29)50/h7-9,16-19,29,39H,10-15,20-21H2,1-6H3,(H,40,49)(H,41,48,50). The van der Waals surface area contributed by atoms with Gasteiger partial charge >= 0.3 is 0 Å². The number of hydrogen-bond donors (Lipinski definition) is 3. The van der Waals surface area contributed by atoms with Gasteiger partial charge in [0, 0.05) is 43.5 Å². The molecule has 4 heterocycles. The fourth-order valence-electron chi connectivity index (χ4n) is 6.73. The summed E-state index contributed by atoms with van der Waals surface area (Å²) >= 11 is 0. The Morgan fingerprint density at radius 2 is 1.71 bits per heavy atom. The molecule has 1 unspecified atom stereocenters. The molecule has 290 valence electrons. The normalized spacial score (nSPS) is 15.6. The van der Waals surface area contributed by atoms with Crippen molar-refractivity contribution < 1.29 is 38.2 Å². The van der Waals surface area contributed by atoms with Crippen LogP contribution < -0.4 is 25.4 Å². The average molecular weight is 756 g/mol. The summed E-state index contributed by atoms with van der Waals surface area (Å²) in [4.78, 5) is 68.5. The molecule has 1 fully saturated rings. The zero-order valence-electron chi connectivity index (χ0n) is 31.7. The number of carbonyl (C=O) groups is 5. The van der Waals surface area contributed by atoms with Crippen LogP contribution in [0.25, 0.3) is 16.8 Å². The maximum Gasteiger partial charge on any atom is 0.264 e. The molecule has 0 aliphatic carbocycles. The summed E-state index contributed by atoms with van der Waals surface area (Å²) in [5.74, 6) is -0.463. The highest BCUT2D eigenvalue weighted by Crippen LogP contribution is 2.37. The molecular formula is C38H45N9O8. The first kappa shape index (κ1) is 38.8. The maximum absolute atomic E-state index is 13.3. The number of nitrogens with zero attached hydrogens (tertiary/aromatic N) is 6. The predicted molar refractivity (Wildman–Crippen MR) is 202 cm³/mol. The van der Waals surface area contributed by atoms with Gasteiger partial charge in [-0.3, -0.25) is 43.5 Å². The number of anilines is 2. The SMILES string of the molecule is COc1cc(-c2cc(NC(=O)CN(C)CCOCCNc3cccc4c3C(=O)N(C3CCC(=O)NC3=O)C4=O)c3nnc(C)n3c2)cc(OC)c1CN(C)C. The number of aryl methyl sites for hydroxylation is 1. The Labute approximate surface area is 317 Å². The number of imide groups is 2. The van der Waals surface area contributed by atoms with Crippen LogP contribution in [0.4, 0.5) is 11.4 Å². The molecule has 5 amide bonds. The van der Waals surface area contributed by atoms with Crippen molar-refractivity contribution in [3.8, 4) is 22.6 Å². The fourth-order valence-corrected chi connectivity index (χ4v) is 6.73. The number of likely N-dealkylation sites (N-methyl/N-ethyl adjacent to an activating group) is 1. The number of pyridine rings is 1. The number of carbonyl (C=O) groups excluding carboxylic acids is 5. The molecule has 0 bridgehead atoms. The van der Waals surface area contributed by atoms with Crippen molar-refractivity contribution in [2.75, 3.05) is 78.8 Å². The van der Waals surface area contributed by atoms with E-state index in [0.29, 0.717) is 60.6 Å². The van der Waals surface area contributed by atoms with E-state index >= 15 is 0 Å². The van der Waals surface area contributed by atoms with Crippen LogP contribution in [0.3, 0.4) is 0 Å². The molecule has 2 aliphatic heterocycles. The molecule has 6 rings (SSSR count). The lowest BCUT2D eigenvalue weighted by Gasteiger charge is -2.27. The lowest BCUT2D eigenvalue weighted by molar-refractivity contribution is -0.136. The number of hydrogen-bond acceptors (Lipinski definition) is 13. The molecule has 17 heteroatoms. The molecule has 0 spiro atoms. The van der Waals surface area contributed by atoms with Crippen LogP contribution in [0.15, 0.2) is 42.6 Å². The number of piperidine rings is 1. The van der Waals surface area contributed by atoms with Crippen LogP contribution in [-0.4, -0.2) is 133 Å². The van der Waals surface area contributed by atoms with E-state index in [0.717, 1.165) is 21.6 Å². The smallest absolute Gasteiger partial charge is 0.264 e. The monoisotopic (exact) mass is 755 g/mol. The Hall–Kier alpha value is -5.91. The molecule has 1 atom stereocenters. The van der Waals surface area contributed by atoms with Crippen LogP contribution in [0, 0.1) is 6.92 Å². The minimum atomic E-state index is -1.04. The van der Waals surface area contributed by atoms with E-state index in [1.54, 1.807) is 32.4 Å². The van der Waals surface area contributed by atoms with E-state index < -0.39 is 29.7 Å². The van der Waals surface area contributed by atoms with Crippen LogP contribution in [0.2, 0.25) is 0 Å². The number of ether oxygens (including phenoxy) is 3. The van der Waals surface area contributed by atoms with E-state index in [-0.39, 0.29) is 43.0 Å². The van der Waals surface area contributed by atoms with Gasteiger partial charge in [0.2, 0.25) is 17.7 Å². The third-order valence-corrected chi connectivity index (χ3v) is 9.43. The Morgan fingerprint density at radius 1 is 0.964 bits per heavy atom. The summed E-state index contributed by atoms with van der Waals surface area (Å²) in [7, 11) is 9.01. The zero-order valence-corrected chi connectivity index (χ0v) is 31.7. The largest absolute Gasteiger partial charge is 0.496 e. The summed E-state index contributed by atoms with van der Waals surface area (Å²) in [6, 6.07) is 9.60. The van der Waals surface area contributed by atoms with Crippen molar-refractivity contribution in [1.82, 2.24) is 34.6 Å². The number of benzene rings is 2. The molecule has 17 nitrogen and oxygen atoms in total. The number of amides is 5. The number of methoxy groups -OCH3 is 2. The van der Waals surface area contributed by atoms with Gasteiger partial charge in [0.1, 0.15) is 23.4 Å². The molecule has 1 saturated heterocycles. The summed E-state index contributed by atoms with van der Waals surface area (Å²) in [5.41, 5.74) is 4.39. The molecule has 55 heavy (non-hydrogen) atoms. The summed E-state index contributed by atoms with van der Waals surface area (Å²) in [6.07, 6.45) is 2.05. The van der Waals surface area contributed by atoms with Gasteiger partial charge in [0.05, 0.1) is 56.4 Å². The fraction of sp³-hybridized carbons (Fsp3) is 0.395. The van der Waals surface area contributed by atoms with Gasteiger partial charge in [0.15, 0.2) is 5.65 Å². The minimum Gasteiger partial charge on any atom is -0.496 e. The van der Waals surface area contributed by atoms with Crippen LogP contribution in [-0.2, 0) is 25.7 Å². The lowest BCUT2D eigenvalue weighted by Crippen LogP contribution is -2.54. The number of fused-ring (bicyclic) bond motifs is 2. The Kier molecular flexibility index (Phi) is 11.7. The third kappa shape index (κ3) is 8.28. The van der Waals surface area contributed by atoms with E-state index in [1.807, 2.05) is 66.7 Å². The van der Waals surface area contributed by atoms with E-state index in [4.69, 9.17) is 14.2 Å². The van der Waals surface area contributed by atoms with Crippen molar-refractivity contribution in [3.05, 3.63) is 65.1 Å². The summed E-state index contributed by atoms with van der Waals surface area (Å²) < 4.78 is 19.1. The maximum atomic E-state index is 13.3. The predicted octanol–water partition coefficient (Wildman–Crippen LogP) is 2.18. The van der Waals surface area contributed by atoms with Gasteiger partial charge in [-0.25, -0.2) is 0 Å². The molecule has 2 aliphatic rings. The third-order valence-electron chi connectivity index (χ3n) is 9.43. The van der Waals surface area contributed by atoms with E-state index in [1.165, 1.54) is 0 Å². The lowest BCUT2D eigenvalue weighted by atomic mass is 10.0. The quantitative estimate of drug-likeness (QED) is 0.112. The second-order valence-electron chi connectivity index (χ2n) is 13.7. The zero-order chi connectivity index (χ0) is 39.4. The van der Waals surface area contributed by atoms with Crippen LogP contribution in [0.5, 0.6) is 11.5 Å². The van der Waals surface area contributed by atoms with Gasteiger partial charge in [-0.05, 0) is 70.4 Å². The molecular weight excluding hydrogens is 710 g/mol. The molecule has 2 aromatic heterocycles. The first-order valence-electron chi connectivity index (χ1n) is 17.8. The molecule has 0 saturated carbocycles. The molecule has 4 aromatic rings. The second-order valence-corrected chi connectivity index (χ2v) is 13.7. The highest BCUT2D eigenvalue weighted by atomic mass is 16.5. The Morgan fingerprint density at radius 3 is 2.40 bits per heavy atom. The van der Waals surface area contributed by atoms with Crippen LogP contribution in [0.1, 0.15) is 44.9 Å². The number of nitrogens with one attached hydrogen (secondary N) is 3. The first-order chi connectivity index (χ1) is 26.4. The topological polar surface area (TPSA) is 189 Å². The molecule has 0 radical (unpaired) electrons. The number of rotatable bonds is 16. The Bertz CT molecular complexity index is 2120. The van der Waals surface area contributed by atoms with Gasteiger partial charge in [-0.15, -0.1) is 10.2 Å². The van der Waals surface area contributed by atoms with Gasteiger partial charge < -0.3 is 29.7 Å². The average Bonchev–Trinajstić information content (AvgIpc) is 3.65. The second kappa shape index (κ2) is 16.6. The van der Waals surface area contributed by atoms with Crippen LogP contribution >= 0.6 is 0 Å².